The summed E-state index contributed by atoms with van der Waals surface area (Å²) in [5, 5.41) is 26.6. The van der Waals surface area contributed by atoms with E-state index in [0.717, 1.165) is 32.9 Å². The van der Waals surface area contributed by atoms with Crippen LogP contribution in [0.1, 0.15) is 16.7 Å². The van der Waals surface area contributed by atoms with E-state index in [4.69, 9.17) is 5.73 Å². The molecule has 0 bridgehead atoms. The molecule has 0 saturated carbocycles. The number of phenols is 1. The van der Waals surface area contributed by atoms with Crippen molar-refractivity contribution >= 4 is 39.6 Å². The van der Waals surface area contributed by atoms with Crippen LogP contribution >= 0.6 is 0 Å². The number of carbonyl (C=O) groups excluding carboxylic acids is 2. The maximum Gasteiger partial charge on any atom is 0.326 e. The number of amides is 2. The Hall–Kier alpha value is -5.09. The zero-order valence-corrected chi connectivity index (χ0v) is 22.1. The summed E-state index contributed by atoms with van der Waals surface area (Å²) in [4.78, 5) is 45.2. The number of para-hydroxylation sites is 2. The standard InChI is InChI=1S/C31H31N5O5/c32-24(14-19-16-33-25-7-3-1-5-22(19)25)29(38)35-27(15-20-17-34-26-8-4-2-6-23(20)26)30(39)36-28(31(40)41)13-18-9-11-21(37)12-10-18/h1-12,16-17,24,27-28,33-34,37H,13-15,32H2,(H,35,38)(H,36,39)(H,40,41). The Labute approximate surface area is 235 Å². The van der Waals surface area contributed by atoms with Crippen LogP contribution in [-0.2, 0) is 33.6 Å². The third-order valence-corrected chi connectivity index (χ3v) is 7.17. The fraction of sp³-hybridized carbons (Fsp3) is 0.194. The lowest BCUT2D eigenvalue weighted by atomic mass is 10.0. The van der Waals surface area contributed by atoms with Crippen LogP contribution in [0.15, 0.2) is 85.2 Å². The van der Waals surface area contributed by atoms with Gasteiger partial charge in [-0.05, 0) is 47.4 Å². The van der Waals surface area contributed by atoms with Crippen molar-refractivity contribution in [2.45, 2.75) is 37.4 Å². The minimum Gasteiger partial charge on any atom is -0.508 e. The summed E-state index contributed by atoms with van der Waals surface area (Å²) in [5.74, 6) is -2.34. The number of hydrogen-bond donors (Lipinski definition) is 7. The number of H-pyrrole nitrogens is 2. The number of carboxylic acids is 1. The van der Waals surface area contributed by atoms with Crippen molar-refractivity contribution in [3.63, 3.8) is 0 Å². The molecule has 5 aromatic rings. The second kappa shape index (κ2) is 12.0. The van der Waals surface area contributed by atoms with Gasteiger partial charge in [-0.15, -0.1) is 0 Å². The highest BCUT2D eigenvalue weighted by Crippen LogP contribution is 2.21. The number of rotatable bonds is 11. The topological polar surface area (TPSA) is 173 Å². The zero-order chi connectivity index (χ0) is 28.9. The second-order valence-corrected chi connectivity index (χ2v) is 10.1. The quantitative estimate of drug-likeness (QED) is 0.132. The third-order valence-electron chi connectivity index (χ3n) is 7.17. The molecule has 3 unspecified atom stereocenters. The molecule has 5 rings (SSSR count). The molecular formula is C31H31N5O5. The molecule has 0 radical (unpaired) electrons. The summed E-state index contributed by atoms with van der Waals surface area (Å²) in [7, 11) is 0. The van der Waals surface area contributed by atoms with E-state index in [1.54, 1.807) is 18.3 Å². The Morgan fingerprint density at radius 3 is 1.83 bits per heavy atom. The lowest BCUT2D eigenvalue weighted by Gasteiger charge is -2.23. The molecule has 41 heavy (non-hydrogen) atoms. The van der Waals surface area contributed by atoms with Gasteiger partial charge in [0, 0.05) is 47.0 Å². The lowest BCUT2D eigenvalue weighted by molar-refractivity contribution is -0.142. The summed E-state index contributed by atoms with van der Waals surface area (Å²) in [5.41, 5.74) is 10.4. The first kappa shape index (κ1) is 27.5. The number of aromatic hydroxyl groups is 1. The molecule has 3 atom stereocenters. The Morgan fingerprint density at radius 1 is 0.707 bits per heavy atom. The summed E-state index contributed by atoms with van der Waals surface area (Å²) in [6, 6.07) is 18.1. The molecule has 8 N–H and O–H groups in total. The highest BCUT2D eigenvalue weighted by molar-refractivity contribution is 5.93. The van der Waals surface area contributed by atoms with Gasteiger partial charge in [-0.3, -0.25) is 9.59 Å². The number of phenolic OH excluding ortho intramolecular Hbond substituents is 1. The fourth-order valence-electron chi connectivity index (χ4n) is 4.98. The smallest absolute Gasteiger partial charge is 0.326 e. The van der Waals surface area contributed by atoms with Crippen LogP contribution in [0.2, 0.25) is 0 Å². The number of nitrogens with one attached hydrogen (secondary N) is 4. The Balaban J connectivity index is 1.35. The third kappa shape index (κ3) is 6.39. The molecule has 210 valence electrons. The van der Waals surface area contributed by atoms with Gasteiger partial charge in [0.25, 0.3) is 0 Å². The lowest BCUT2D eigenvalue weighted by Crippen LogP contribution is -2.55. The molecule has 10 heteroatoms. The first-order valence-corrected chi connectivity index (χ1v) is 13.3. The Morgan fingerprint density at radius 2 is 1.24 bits per heavy atom. The summed E-state index contributed by atoms with van der Waals surface area (Å²) in [6.07, 6.45) is 3.95. The number of benzene rings is 3. The number of aromatic amines is 2. The minimum absolute atomic E-state index is 0.00478. The van der Waals surface area contributed by atoms with E-state index in [1.807, 2.05) is 54.7 Å². The highest BCUT2D eigenvalue weighted by atomic mass is 16.4. The van der Waals surface area contributed by atoms with Crippen LogP contribution in [0, 0.1) is 0 Å². The fourth-order valence-corrected chi connectivity index (χ4v) is 4.98. The molecule has 0 aliphatic carbocycles. The Kier molecular flexibility index (Phi) is 8.02. The first-order valence-electron chi connectivity index (χ1n) is 13.3. The number of aliphatic carboxylic acids is 1. The van der Waals surface area contributed by atoms with Crippen molar-refractivity contribution in [3.8, 4) is 5.75 Å². The molecular weight excluding hydrogens is 522 g/mol. The molecule has 0 fully saturated rings. The SMILES string of the molecule is NC(Cc1c[nH]c2ccccc12)C(=O)NC(Cc1c[nH]c2ccccc12)C(=O)NC(Cc1ccc(O)cc1)C(=O)O. The number of carbonyl (C=O) groups is 3. The molecule has 0 saturated heterocycles. The van der Waals surface area contributed by atoms with Gasteiger partial charge in [-0.25, -0.2) is 4.79 Å². The van der Waals surface area contributed by atoms with E-state index >= 15 is 0 Å². The van der Waals surface area contributed by atoms with E-state index in [0.29, 0.717) is 5.56 Å². The maximum atomic E-state index is 13.5. The van der Waals surface area contributed by atoms with E-state index in [1.165, 1.54) is 12.1 Å². The molecule has 0 spiro atoms. The van der Waals surface area contributed by atoms with Crippen LogP contribution in [0.3, 0.4) is 0 Å². The number of carboxylic acid groups (broad SMARTS) is 1. The van der Waals surface area contributed by atoms with Crippen LogP contribution in [0.4, 0.5) is 0 Å². The van der Waals surface area contributed by atoms with Gasteiger partial charge < -0.3 is 36.5 Å². The summed E-state index contributed by atoms with van der Waals surface area (Å²) >= 11 is 0. The van der Waals surface area contributed by atoms with E-state index in [-0.39, 0.29) is 25.0 Å². The number of hydrogen-bond acceptors (Lipinski definition) is 5. The van der Waals surface area contributed by atoms with E-state index in [2.05, 4.69) is 20.6 Å². The van der Waals surface area contributed by atoms with Crippen molar-refractivity contribution in [1.29, 1.82) is 0 Å². The van der Waals surface area contributed by atoms with Crippen molar-refractivity contribution in [3.05, 3.63) is 102 Å². The van der Waals surface area contributed by atoms with Crippen LogP contribution < -0.4 is 16.4 Å². The van der Waals surface area contributed by atoms with Gasteiger partial charge in [0.2, 0.25) is 11.8 Å². The van der Waals surface area contributed by atoms with Gasteiger partial charge >= 0.3 is 5.97 Å². The van der Waals surface area contributed by atoms with Crippen molar-refractivity contribution in [2.75, 3.05) is 0 Å². The zero-order valence-electron chi connectivity index (χ0n) is 22.1. The molecule has 0 aliphatic heterocycles. The van der Waals surface area contributed by atoms with Crippen molar-refractivity contribution in [2.24, 2.45) is 5.73 Å². The van der Waals surface area contributed by atoms with E-state index < -0.39 is 35.9 Å². The predicted octanol–water partition coefficient (Wildman–Crippen LogP) is 2.76. The minimum atomic E-state index is -1.26. The van der Waals surface area contributed by atoms with Crippen molar-refractivity contribution < 1.29 is 24.6 Å². The number of aromatic nitrogens is 2. The van der Waals surface area contributed by atoms with Crippen LogP contribution in [0.25, 0.3) is 21.8 Å². The van der Waals surface area contributed by atoms with Gasteiger partial charge in [-0.1, -0.05) is 48.5 Å². The molecule has 2 heterocycles. The summed E-state index contributed by atoms with van der Waals surface area (Å²) in [6.45, 7) is 0. The highest BCUT2D eigenvalue weighted by Gasteiger charge is 2.29. The number of nitrogens with two attached hydrogens (primary N) is 1. The second-order valence-electron chi connectivity index (χ2n) is 10.1. The van der Waals surface area contributed by atoms with E-state index in [9.17, 15) is 24.6 Å². The monoisotopic (exact) mass is 553 g/mol. The molecule has 2 amide bonds. The largest absolute Gasteiger partial charge is 0.508 e. The average molecular weight is 554 g/mol. The van der Waals surface area contributed by atoms with Crippen molar-refractivity contribution in [1.82, 2.24) is 20.6 Å². The molecule has 2 aromatic heterocycles. The number of fused-ring (bicyclic) bond motifs is 2. The normalized spacial score (nSPS) is 13.5. The van der Waals surface area contributed by atoms with Gasteiger partial charge in [0.15, 0.2) is 0 Å². The van der Waals surface area contributed by atoms with Crippen LogP contribution in [0.5, 0.6) is 5.75 Å². The molecule has 0 aliphatic rings. The first-order chi connectivity index (χ1) is 19.8. The Bertz CT molecular complexity index is 1690. The average Bonchev–Trinajstić information content (AvgIpc) is 3.57. The van der Waals surface area contributed by atoms with Gasteiger partial charge in [0.1, 0.15) is 17.8 Å². The predicted molar refractivity (Wildman–Crippen MR) is 155 cm³/mol. The molecule has 3 aromatic carbocycles. The summed E-state index contributed by atoms with van der Waals surface area (Å²) < 4.78 is 0. The molecule has 10 nitrogen and oxygen atoms in total. The van der Waals surface area contributed by atoms with Gasteiger partial charge in [-0.2, -0.15) is 0 Å². The van der Waals surface area contributed by atoms with Gasteiger partial charge in [0.05, 0.1) is 6.04 Å². The maximum absolute atomic E-state index is 13.5. The van der Waals surface area contributed by atoms with Crippen LogP contribution in [-0.4, -0.2) is 56.1 Å².